The van der Waals surface area contributed by atoms with Crippen molar-refractivity contribution in [2.75, 3.05) is 11.9 Å². The standard InChI is InChI=1S/C16H16F2N2O/c1-16(2)8-19-13-6-10(15(21)20-14(13)16)5-9-3-4-11(17)7-12(9)18/h3-4,6-7,19H,5,8H2,1-2H3,(H,20,21). The summed E-state index contributed by atoms with van der Waals surface area (Å²) in [5.41, 5.74) is 2.15. The first kappa shape index (κ1) is 13.8. The van der Waals surface area contributed by atoms with Crippen molar-refractivity contribution in [3.05, 3.63) is 63.1 Å². The van der Waals surface area contributed by atoms with Gasteiger partial charge in [0.05, 0.1) is 5.69 Å². The van der Waals surface area contributed by atoms with Crippen LogP contribution in [0.3, 0.4) is 0 Å². The fourth-order valence-corrected chi connectivity index (χ4v) is 2.65. The van der Waals surface area contributed by atoms with E-state index in [0.717, 1.165) is 24.0 Å². The Hall–Kier alpha value is -2.17. The van der Waals surface area contributed by atoms with Crippen molar-refractivity contribution in [1.29, 1.82) is 0 Å². The Morgan fingerprint density at radius 3 is 2.67 bits per heavy atom. The van der Waals surface area contributed by atoms with E-state index in [0.29, 0.717) is 11.1 Å². The SMILES string of the molecule is CC1(C)CNc2cc(Cc3ccc(F)cc3F)c(=O)[nH]c21. The van der Waals surface area contributed by atoms with Crippen LogP contribution in [0.25, 0.3) is 0 Å². The van der Waals surface area contributed by atoms with Gasteiger partial charge in [0.2, 0.25) is 0 Å². The predicted octanol–water partition coefficient (Wildman–Crippen LogP) is 2.95. The zero-order chi connectivity index (χ0) is 15.2. The molecule has 0 bridgehead atoms. The Morgan fingerprint density at radius 1 is 1.19 bits per heavy atom. The molecule has 2 N–H and O–H groups in total. The molecule has 0 saturated heterocycles. The molecule has 0 aliphatic carbocycles. The molecule has 1 aromatic heterocycles. The number of rotatable bonds is 2. The van der Waals surface area contributed by atoms with Crippen molar-refractivity contribution >= 4 is 5.69 Å². The van der Waals surface area contributed by atoms with Crippen molar-refractivity contribution < 1.29 is 8.78 Å². The average molecular weight is 290 g/mol. The second-order valence-corrected chi connectivity index (χ2v) is 6.06. The normalized spacial score (nSPS) is 15.6. The van der Waals surface area contributed by atoms with Gasteiger partial charge < -0.3 is 10.3 Å². The molecule has 0 spiro atoms. The molecule has 0 amide bonds. The molecular weight excluding hydrogens is 274 g/mol. The number of anilines is 1. The molecule has 0 saturated carbocycles. The molecule has 1 aliphatic heterocycles. The van der Waals surface area contributed by atoms with Crippen molar-refractivity contribution in [1.82, 2.24) is 4.98 Å². The van der Waals surface area contributed by atoms with Gasteiger partial charge in [-0.3, -0.25) is 4.79 Å². The second kappa shape index (κ2) is 4.69. The second-order valence-electron chi connectivity index (χ2n) is 6.06. The van der Waals surface area contributed by atoms with Crippen molar-refractivity contribution in [3.8, 4) is 0 Å². The van der Waals surface area contributed by atoms with Gasteiger partial charge in [-0.15, -0.1) is 0 Å². The summed E-state index contributed by atoms with van der Waals surface area (Å²) in [5.74, 6) is -1.26. The first-order valence-corrected chi connectivity index (χ1v) is 6.81. The van der Waals surface area contributed by atoms with E-state index in [2.05, 4.69) is 10.3 Å². The van der Waals surface area contributed by atoms with Crippen LogP contribution in [0.1, 0.15) is 30.7 Å². The third-order valence-electron chi connectivity index (χ3n) is 3.91. The van der Waals surface area contributed by atoms with E-state index >= 15 is 0 Å². The molecule has 1 aliphatic rings. The number of hydrogen-bond acceptors (Lipinski definition) is 2. The number of aromatic amines is 1. The number of pyridine rings is 1. The summed E-state index contributed by atoms with van der Waals surface area (Å²) in [4.78, 5) is 15.1. The summed E-state index contributed by atoms with van der Waals surface area (Å²) in [6.07, 6.45) is 0.136. The molecule has 3 nitrogen and oxygen atoms in total. The van der Waals surface area contributed by atoms with Gasteiger partial charge in [-0.05, 0) is 17.7 Å². The van der Waals surface area contributed by atoms with Gasteiger partial charge in [-0.2, -0.15) is 0 Å². The number of fused-ring (bicyclic) bond motifs is 1. The van der Waals surface area contributed by atoms with E-state index in [1.54, 1.807) is 6.07 Å². The highest BCUT2D eigenvalue weighted by atomic mass is 19.1. The maximum Gasteiger partial charge on any atom is 0.251 e. The molecule has 5 heteroatoms. The molecule has 0 unspecified atom stereocenters. The molecule has 2 aromatic rings. The summed E-state index contributed by atoms with van der Waals surface area (Å²) >= 11 is 0. The van der Waals surface area contributed by atoms with Gasteiger partial charge in [0, 0.05) is 35.7 Å². The maximum absolute atomic E-state index is 13.7. The summed E-state index contributed by atoms with van der Waals surface area (Å²) in [7, 11) is 0. The number of aromatic nitrogens is 1. The minimum Gasteiger partial charge on any atom is -0.383 e. The Labute approximate surface area is 121 Å². The third kappa shape index (κ3) is 2.44. The number of H-pyrrole nitrogens is 1. The molecular formula is C16H16F2N2O. The van der Waals surface area contributed by atoms with Crippen molar-refractivity contribution in [3.63, 3.8) is 0 Å². The molecule has 2 heterocycles. The van der Waals surface area contributed by atoms with Crippen LogP contribution < -0.4 is 10.9 Å². The Balaban J connectivity index is 1.99. The van der Waals surface area contributed by atoms with Gasteiger partial charge in [-0.1, -0.05) is 19.9 Å². The first-order valence-electron chi connectivity index (χ1n) is 6.81. The van der Waals surface area contributed by atoms with Crippen LogP contribution >= 0.6 is 0 Å². The molecule has 0 fully saturated rings. The smallest absolute Gasteiger partial charge is 0.251 e. The zero-order valence-electron chi connectivity index (χ0n) is 11.9. The molecule has 110 valence electrons. The highest BCUT2D eigenvalue weighted by molar-refractivity contribution is 5.58. The van der Waals surface area contributed by atoms with Crippen LogP contribution in [0.2, 0.25) is 0 Å². The fourth-order valence-electron chi connectivity index (χ4n) is 2.65. The summed E-state index contributed by atoms with van der Waals surface area (Å²) in [6, 6.07) is 5.15. The fraction of sp³-hybridized carbons (Fsp3) is 0.312. The van der Waals surface area contributed by atoms with E-state index in [-0.39, 0.29) is 17.4 Å². The molecule has 1 aromatic carbocycles. The summed E-state index contributed by atoms with van der Waals surface area (Å²) in [5, 5.41) is 3.24. The van der Waals surface area contributed by atoms with Crippen LogP contribution in [-0.2, 0) is 11.8 Å². The van der Waals surface area contributed by atoms with E-state index in [9.17, 15) is 13.6 Å². The monoisotopic (exact) mass is 290 g/mol. The van der Waals surface area contributed by atoms with Gasteiger partial charge in [-0.25, -0.2) is 8.78 Å². The largest absolute Gasteiger partial charge is 0.383 e. The van der Waals surface area contributed by atoms with Gasteiger partial charge in [0.15, 0.2) is 0 Å². The van der Waals surface area contributed by atoms with E-state index < -0.39 is 11.6 Å². The summed E-state index contributed by atoms with van der Waals surface area (Å²) < 4.78 is 26.6. The van der Waals surface area contributed by atoms with Gasteiger partial charge in [0.25, 0.3) is 5.56 Å². The Kier molecular flexibility index (Phi) is 3.08. The molecule has 0 atom stereocenters. The van der Waals surface area contributed by atoms with Crippen molar-refractivity contribution in [2.45, 2.75) is 25.7 Å². The van der Waals surface area contributed by atoms with Crippen LogP contribution in [-0.4, -0.2) is 11.5 Å². The van der Waals surface area contributed by atoms with Crippen LogP contribution in [0.15, 0.2) is 29.1 Å². The lowest BCUT2D eigenvalue weighted by Crippen LogP contribution is -2.23. The van der Waals surface area contributed by atoms with Crippen LogP contribution in [0, 0.1) is 11.6 Å². The minimum absolute atomic E-state index is 0.131. The first-order chi connectivity index (χ1) is 9.87. The number of benzene rings is 1. The van der Waals surface area contributed by atoms with Crippen molar-refractivity contribution in [2.24, 2.45) is 0 Å². The Morgan fingerprint density at radius 2 is 1.95 bits per heavy atom. The molecule has 3 rings (SSSR count). The highest BCUT2D eigenvalue weighted by Crippen LogP contribution is 2.34. The lowest BCUT2D eigenvalue weighted by Gasteiger charge is -2.16. The minimum atomic E-state index is -0.636. The topological polar surface area (TPSA) is 44.9 Å². The zero-order valence-corrected chi connectivity index (χ0v) is 11.9. The maximum atomic E-state index is 13.7. The van der Waals surface area contributed by atoms with E-state index in [1.165, 1.54) is 12.1 Å². The highest BCUT2D eigenvalue weighted by Gasteiger charge is 2.31. The summed E-state index contributed by atoms with van der Waals surface area (Å²) in [6.45, 7) is 4.83. The third-order valence-corrected chi connectivity index (χ3v) is 3.91. The number of halogens is 2. The lowest BCUT2D eigenvalue weighted by atomic mass is 9.91. The van der Waals surface area contributed by atoms with E-state index in [4.69, 9.17) is 0 Å². The van der Waals surface area contributed by atoms with E-state index in [1.807, 2.05) is 13.8 Å². The predicted molar refractivity (Wildman–Crippen MR) is 77.7 cm³/mol. The van der Waals surface area contributed by atoms with Gasteiger partial charge in [0.1, 0.15) is 11.6 Å². The number of hydrogen-bond donors (Lipinski definition) is 2. The van der Waals surface area contributed by atoms with Gasteiger partial charge >= 0.3 is 0 Å². The van der Waals surface area contributed by atoms with Crippen LogP contribution in [0.4, 0.5) is 14.5 Å². The quantitative estimate of drug-likeness (QED) is 0.893. The average Bonchev–Trinajstić information content (AvgIpc) is 2.69. The molecule has 21 heavy (non-hydrogen) atoms. The molecule has 0 radical (unpaired) electrons. The Bertz CT molecular complexity index is 765. The van der Waals surface area contributed by atoms with Crippen LogP contribution in [0.5, 0.6) is 0 Å². The number of nitrogens with one attached hydrogen (secondary N) is 2. The lowest BCUT2D eigenvalue weighted by molar-refractivity contribution is 0.566.